The molecule has 0 aliphatic carbocycles. The standard InChI is InChI=1S/C23H29F3N4O/c1-4-30(5-2)21(31)19-10-6-18(7-11-19)16-29-22(27-3)28-15-14-17-8-12-20(13-9-17)23(24,25)26/h6-13H,4-5,14-16H2,1-3H3,(H2,27,28,29). The highest BCUT2D eigenvalue weighted by Crippen LogP contribution is 2.29. The van der Waals surface area contributed by atoms with Gasteiger partial charge in [-0.05, 0) is 55.7 Å². The van der Waals surface area contributed by atoms with Crippen LogP contribution in [0.1, 0.15) is 40.9 Å². The lowest BCUT2D eigenvalue weighted by molar-refractivity contribution is -0.137. The summed E-state index contributed by atoms with van der Waals surface area (Å²) in [4.78, 5) is 18.3. The molecule has 0 saturated heterocycles. The summed E-state index contributed by atoms with van der Waals surface area (Å²) in [7, 11) is 1.65. The maximum Gasteiger partial charge on any atom is 0.416 e. The summed E-state index contributed by atoms with van der Waals surface area (Å²) in [5.41, 5.74) is 1.82. The molecule has 0 unspecified atom stereocenters. The van der Waals surface area contributed by atoms with Crippen LogP contribution in [0.2, 0.25) is 0 Å². The average Bonchev–Trinajstić information content (AvgIpc) is 2.77. The average molecular weight is 435 g/mol. The fourth-order valence-electron chi connectivity index (χ4n) is 3.05. The van der Waals surface area contributed by atoms with Gasteiger partial charge in [0, 0.05) is 38.8 Å². The molecule has 0 fully saturated rings. The van der Waals surface area contributed by atoms with Crippen molar-refractivity contribution in [1.29, 1.82) is 0 Å². The second kappa shape index (κ2) is 11.4. The number of alkyl halides is 3. The third-order valence-electron chi connectivity index (χ3n) is 4.92. The zero-order valence-electron chi connectivity index (χ0n) is 18.1. The number of nitrogens with zero attached hydrogens (tertiary/aromatic N) is 2. The van der Waals surface area contributed by atoms with Crippen LogP contribution >= 0.6 is 0 Å². The first-order valence-corrected chi connectivity index (χ1v) is 10.3. The molecule has 31 heavy (non-hydrogen) atoms. The van der Waals surface area contributed by atoms with Gasteiger partial charge in [-0.2, -0.15) is 13.2 Å². The molecule has 2 rings (SSSR count). The number of amides is 1. The molecule has 168 valence electrons. The Morgan fingerprint density at radius 1 is 0.935 bits per heavy atom. The normalized spacial score (nSPS) is 11.9. The second-order valence-electron chi connectivity index (χ2n) is 6.97. The van der Waals surface area contributed by atoms with Crippen LogP contribution in [0.3, 0.4) is 0 Å². The summed E-state index contributed by atoms with van der Waals surface area (Å²) >= 11 is 0. The van der Waals surface area contributed by atoms with Crippen molar-refractivity contribution < 1.29 is 18.0 Å². The van der Waals surface area contributed by atoms with Crippen LogP contribution in [-0.4, -0.2) is 43.4 Å². The Bertz CT molecular complexity index is 858. The van der Waals surface area contributed by atoms with Crippen LogP contribution in [-0.2, 0) is 19.1 Å². The maximum absolute atomic E-state index is 12.6. The Morgan fingerprint density at radius 2 is 1.52 bits per heavy atom. The molecule has 0 spiro atoms. The van der Waals surface area contributed by atoms with E-state index in [9.17, 15) is 18.0 Å². The van der Waals surface area contributed by atoms with Gasteiger partial charge in [0.1, 0.15) is 0 Å². The molecule has 0 aromatic heterocycles. The van der Waals surface area contributed by atoms with Gasteiger partial charge in [0.05, 0.1) is 5.56 Å². The van der Waals surface area contributed by atoms with Gasteiger partial charge in [-0.15, -0.1) is 0 Å². The van der Waals surface area contributed by atoms with Crippen molar-refractivity contribution in [2.45, 2.75) is 33.0 Å². The Morgan fingerprint density at radius 3 is 2.03 bits per heavy atom. The largest absolute Gasteiger partial charge is 0.416 e. The van der Waals surface area contributed by atoms with E-state index in [-0.39, 0.29) is 5.91 Å². The maximum atomic E-state index is 12.6. The van der Waals surface area contributed by atoms with Crippen molar-refractivity contribution in [3.8, 4) is 0 Å². The Hall–Kier alpha value is -3.03. The molecular weight excluding hydrogens is 405 g/mol. The summed E-state index contributed by atoms with van der Waals surface area (Å²) in [6, 6.07) is 12.6. The highest BCUT2D eigenvalue weighted by atomic mass is 19.4. The molecule has 2 aromatic carbocycles. The van der Waals surface area contributed by atoms with E-state index in [4.69, 9.17) is 0 Å². The lowest BCUT2D eigenvalue weighted by Gasteiger charge is -2.18. The molecule has 0 bridgehead atoms. The Balaban J connectivity index is 1.81. The zero-order valence-corrected chi connectivity index (χ0v) is 18.1. The number of guanidine groups is 1. The van der Waals surface area contributed by atoms with Gasteiger partial charge >= 0.3 is 6.18 Å². The van der Waals surface area contributed by atoms with Gasteiger partial charge < -0.3 is 15.5 Å². The number of carbonyl (C=O) groups excluding carboxylic acids is 1. The van der Waals surface area contributed by atoms with E-state index >= 15 is 0 Å². The first-order valence-electron chi connectivity index (χ1n) is 10.3. The number of hydrogen-bond acceptors (Lipinski definition) is 2. The van der Waals surface area contributed by atoms with E-state index in [1.165, 1.54) is 12.1 Å². The Labute approximate surface area is 181 Å². The summed E-state index contributed by atoms with van der Waals surface area (Å²) in [5, 5.41) is 6.34. The van der Waals surface area contributed by atoms with Crippen molar-refractivity contribution in [2.24, 2.45) is 4.99 Å². The second-order valence-corrected chi connectivity index (χ2v) is 6.97. The van der Waals surface area contributed by atoms with Gasteiger partial charge in [0.15, 0.2) is 5.96 Å². The quantitative estimate of drug-likeness (QED) is 0.486. The fourth-order valence-corrected chi connectivity index (χ4v) is 3.05. The fraction of sp³-hybridized carbons (Fsp3) is 0.391. The third kappa shape index (κ3) is 7.31. The summed E-state index contributed by atoms with van der Waals surface area (Å²) in [5.74, 6) is 0.612. The topological polar surface area (TPSA) is 56.7 Å². The predicted octanol–water partition coefficient (Wildman–Crippen LogP) is 4.10. The molecule has 5 nitrogen and oxygen atoms in total. The highest BCUT2D eigenvalue weighted by Gasteiger charge is 2.29. The number of rotatable bonds is 8. The molecule has 1 amide bonds. The van der Waals surface area contributed by atoms with Crippen LogP contribution in [0.15, 0.2) is 53.5 Å². The minimum Gasteiger partial charge on any atom is -0.356 e. The predicted molar refractivity (Wildman–Crippen MR) is 117 cm³/mol. The van der Waals surface area contributed by atoms with Crippen LogP contribution in [0.4, 0.5) is 13.2 Å². The van der Waals surface area contributed by atoms with Crippen molar-refractivity contribution in [2.75, 3.05) is 26.7 Å². The zero-order chi connectivity index (χ0) is 22.9. The summed E-state index contributed by atoms with van der Waals surface area (Å²) < 4.78 is 37.9. The van der Waals surface area contributed by atoms with E-state index in [1.807, 2.05) is 38.1 Å². The lowest BCUT2D eigenvalue weighted by Crippen LogP contribution is -2.37. The van der Waals surface area contributed by atoms with Gasteiger partial charge in [-0.1, -0.05) is 24.3 Å². The Kier molecular flexibility index (Phi) is 8.90. The smallest absolute Gasteiger partial charge is 0.356 e. The van der Waals surface area contributed by atoms with Crippen LogP contribution < -0.4 is 10.6 Å². The number of halogens is 3. The monoisotopic (exact) mass is 434 g/mol. The van der Waals surface area contributed by atoms with Crippen molar-refractivity contribution in [3.05, 3.63) is 70.8 Å². The van der Waals surface area contributed by atoms with E-state index in [0.29, 0.717) is 44.1 Å². The van der Waals surface area contributed by atoms with Gasteiger partial charge in [0.25, 0.3) is 5.91 Å². The van der Waals surface area contributed by atoms with Gasteiger partial charge in [-0.3, -0.25) is 9.79 Å². The molecule has 0 heterocycles. The minimum absolute atomic E-state index is 0.0188. The molecule has 0 saturated carbocycles. The van der Waals surface area contributed by atoms with E-state index in [1.54, 1.807) is 11.9 Å². The first-order chi connectivity index (χ1) is 14.8. The van der Waals surface area contributed by atoms with Crippen molar-refractivity contribution in [3.63, 3.8) is 0 Å². The van der Waals surface area contributed by atoms with Gasteiger partial charge in [-0.25, -0.2) is 0 Å². The van der Waals surface area contributed by atoms with E-state index in [0.717, 1.165) is 23.3 Å². The third-order valence-corrected chi connectivity index (χ3v) is 4.92. The summed E-state index contributed by atoms with van der Waals surface area (Å²) in [6.07, 6.45) is -3.75. The molecule has 8 heteroatoms. The van der Waals surface area contributed by atoms with E-state index in [2.05, 4.69) is 15.6 Å². The molecule has 0 aliphatic heterocycles. The van der Waals surface area contributed by atoms with Crippen LogP contribution in [0.5, 0.6) is 0 Å². The molecule has 2 aromatic rings. The summed E-state index contributed by atoms with van der Waals surface area (Å²) in [6.45, 7) is 6.31. The van der Waals surface area contributed by atoms with E-state index < -0.39 is 11.7 Å². The number of benzene rings is 2. The molecule has 0 radical (unpaired) electrons. The highest BCUT2D eigenvalue weighted by molar-refractivity contribution is 5.94. The molecule has 0 aliphatic rings. The minimum atomic E-state index is -4.32. The number of carbonyl (C=O) groups is 1. The molecular formula is C23H29F3N4O. The first kappa shape index (κ1) is 24.2. The number of hydrogen-bond donors (Lipinski definition) is 2. The lowest BCUT2D eigenvalue weighted by atomic mass is 10.1. The number of nitrogens with one attached hydrogen (secondary N) is 2. The van der Waals surface area contributed by atoms with Crippen molar-refractivity contribution in [1.82, 2.24) is 15.5 Å². The molecule has 0 atom stereocenters. The SMILES string of the molecule is CCN(CC)C(=O)c1ccc(CNC(=NC)NCCc2ccc(C(F)(F)F)cc2)cc1. The van der Waals surface area contributed by atoms with Crippen LogP contribution in [0.25, 0.3) is 0 Å². The van der Waals surface area contributed by atoms with Gasteiger partial charge in [0.2, 0.25) is 0 Å². The molecule has 2 N–H and O–H groups in total. The van der Waals surface area contributed by atoms with Crippen molar-refractivity contribution >= 4 is 11.9 Å². The van der Waals surface area contributed by atoms with Crippen LogP contribution in [0, 0.1) is 0 Å². The number of aliphatic imine (C=N–C) groups is 1.